The van der Waals surface area contributed by atoms with Gasteiger partial charge in [-0.2, -0.15) is 11.8 Å². The minimum absolute atomic E-state index is 0.236. The van der Waals surface area contributed by atoms with Crippen LogP contribution in [-0.2, 0) is 0 Å². The fourth-order valence-electron chi connectivity index (χ4n) is 1.20. The van der Waals surface area contributed by atoms with E-state index in [4.69, 9.17) is 0 Å². The maximum Gasteiger partial charge on any atom is 0.172 e. The number of ketones is 1. The van der Waals surface area contributed by atoms with E-state index in [2.05, 4.69) is 0 Å². The molecule has 2 unspecified atom stereocenters. The number of aliphatic hydroxyl groups excluding tert-OH is 1. The van der Waals surface area contributed by atoms with E-state index in [1.165, 1.54) is 11.3 Å². The number of aliphatic hydroxyl groups is 1. The largest absolute Gasteiger partial charge is 0.392 e. The van der Waals surface area contributed by atoms with Gasteiger partial charge in [0.05, 0.1) is 11.0 Å². The van der Waals surface area contributed by atoms with Gasteiger partial charge >= 0.3 is 0 Å². The second-order valence-corrected chi connectivity index (χ2v) is 6.25. The van der Waals surface area contributed by atoms with E-state index in [0.29, 0.717) is 6.42 Å². The van der Waals surface area contributed by atoms with Crippen molar-refractivity contribution in [2.24, 2.45) is 0 Å². The summed E-state index contributed by atoms with van der Waals surface area (Å²) in [6, 6.07) is 3.78. The van der Waals surface area contributed by atoms with E-state index >= 15 is 0 Å². The lowest BCUT2D eigenvalue weighted by Gasteiger charge is -2.13. The molecule has 0 spiro atoms. The minimum Gasteiger partial charge on any atom is -0.392 e. The van der Waals surface area contributed by atoms with Crippen LogP contribution in [0.15, 0.2) is 17.5 Å². The van der Waals surface area contributed by atoms with E-state index in [1.807, 2.05) is 24.4 Å². The van der Waals surface area contributed by atoms with Crippen LogP contribution < -0.4 is 0 Å². The summed E-state index contributed by atoms with van der Waals surface area (Å²) in [7, 11) is 0. The molecule has 1 aromatic rings. The summed E-state index contributed by atoms with van der Waals surface area (Å²) in [5, 5.41) is 11.5. The molecule has 0 aliphatic rings. The van der Waals surface area contributed by atoms with Crippen molar-refractivity contribution in [1.29, 1.82) is 0 Å². The van der Waals surface area contributed by atoms with Gasteiger partial charge < -0.3 is 5.11 Å². The van der Waals surface area contributed by atoms with Gasteiger partial charge in [0.25, 0.3) is 0 Å². The number of rotatable bonds is 7. The van der Waals surface area contributed by atoms with Gasteiger partial charge in [0.1, 0.15) is 0 Å². The highest BCUT2D eigenvalue weighted by Crippen LogP contribution is 2.18. The van der Waals surface area contributed by atoms with Crippen LogP contribution in [0.1, 0.15) is 36.4 Å². The highest BCUT2D eigenvalue weighted by molar-refractivity contribution is 7.99. The molecule has 1 N–H and O–H groups in total. The number of thiophene rings is 1. The lowest BCUT2D eigenvalue weighted by molar-refractivity contribution is 0.0986. The van der Waals surface area contributed by atoms with E-state index in [9.17, 15) is 9.90 Å². The summed E-state index contributed by atoms with van der Waals surface area (Å²) in [5.41, 5.74) is 0. The first-order chi connectivity index (χ1) is 7.61. The maximum absolute atomic E-state index is 11.6. The predicted molar refractivity (Wildman–Crippen MR) is 71.5 cm³/mol. The molecule has 0 aliphatic carbocycles. The van der Waals surface area contributed by atoms with Gasteiger partial charge in [-0.15, -0.1) is 11.3 Å². The first-order valence-corrected chi connectivity index (χ1v) is 7.40. The monoisotopic (exact) mass is 258 g/mol. The Morgan fingerprint density at radius 1 is 1.56 bits per heavy atom. The average Bonchev–Trinajstić information content (AvgIpc) is 2.76. The lowest BCUT2D eigenvalue weighted by atomic mass is 10.2. The molecule has 90 valence electrons. The highest BCUT2D eigenvalue weighted by Gasteiger charge is 2.10. The molecule has 1 heterocycles. The third-order valence-corrected chi connectivity index (χ3v) is 4.76. The van der Waals surface area contributed by atoms with Crippen molar-refractivity contribution in [3.8, 4) is 0 Å². The Labute approximate surface area is 105 Å². The Morgan fingerprint density at radius 3 is 2.88 bits per heavy atom. The normalized spacial score (nSPS) is 14.7. The minimum atomic E-state index is -0.280. The molecule has 0 amide bonds. The van der Waals surface area contributed by atoms with Crippen LogP contribution in [0, 0.1) is 0 Å². The average molecular weight is 258 g/mol. The number of thioether (sulfide) groups is 1. The zero-order chi connectivity index (χ0) is 12.0. The van der Waals surface area contributed by atoms with Crippen molar-refractivity contribution in [1.82, 2.24) is 0 Å². The summed E-state index contributed by atoms with van der Waals surface area (Å²) < 4.78 is 0. The Bertz CT molecular complexity index is 307. The molecule has 2 nitrogen and oxygen atoms in total. The highest BCUT2D eigenvalue weighted by atomic mass is 32.2. The molecule has 0 saturated carbocycles. The first-order valence-electron chi connectivity index (χ1n) is 5.47. The van der Waals surface area contributed by atoms with Crippen molar-refractivity contribution in [2.45, 2.75) is 38.0 Å². The van der Waals surface area contributed by atoms with Crippen LogP contribution >= 0.6 is 23.1 Å². The van der Waals surface area contributed by atoms with Crippen LogP contribution in [0.4, 0.5) is 0 Å². The van der Waals surface area contributed by atoms with E-state index in [1.54, 1.807) is 18.7 Å². The molecule has 0 saturated heterocycles. The Morgan fingerprint density at radius 2 is 2.31 bits per heavy atom. The molecule has 0 bridgehead atoms. The molecule has 2 atom stereocenters. The summed E-state index contributed by atoms with van der Waals surface area (Å²) in [6.45, 7) is 3.81. The van der Waals surface area contributed by atoms with E-state index < -0.39 is 0 Å². The Hall–Kier alpha value is -0.320. The predicted octanol–water partition coefficient (Wildman–Crippen LogP) is 3.21. The molecule has 4 heteroatoms. The molecule has 0 aromatic carbocycles. The second kappa shape index (κ2) is 7.09. The third-order valence-electron chi connectivity index (χ3n) is 2.40. The summed E-state index contributed by atoms with van der Waals surface area (Å²) in [6.07, 6.45) is 1.22. The van der Waals surface area contributed by atoms with Gasteiger partial charge in [0.2, 0.25) is 0 Å². The molecule has 1 rings (SSSR count). The molecule has 0 radical (unpaired) electrons. The van der Waals surface area contributed by atoms with Crippen LogP contribution in [0.5, 0.6) is 0 Å². The summed E-state index contributed by atoms with van der Waals surface area (Å²) in [4.78, 5) is 12.5. The summed E-state index contributed by atoms with van der Waals surface area (Å²) in [5.74, 6) is 1.17. The maximum atomic E-state index is 11.6. The topological polar surface area (TPSA) is 37.3 Å². The van der Waals surface area contributed by atoms with Crippen molar-refractivity contribution < 1.29 is 9.90 Å². The van der Waals surface area contributed by atoms with Crippen LogP contribution in [0.3, 0.4) is 0 Å². The van der Waals surface area contributed by atoms with Crippen molar-refractivity contribution in [2.75, 3.05) is 5.75 Å². The molecule has 0 aliphatic heterocycles. The number of carbonyl (C=O) groups excluding carboxylic acids is 1. The lowest BCUT2D eigenvalue weighted by Crippen LogP contribution is -2.15. The zero-order valence-electron chi connectivity index (χ0n) is 9.68. The number of Topliss-reactive ketones (excluding diaryl/α,β-unsaturated/α-hetero) is 1. The Balaban J connectivity index is 2.14. The first kappa shape index (κ1) is 13.7. The SMILES string of the molecule is CC(O)C(C)SCCCC(=O)c1cccs1. The molecule has 1 aromatic heterocycles. The molecule has 16 heavy (non-hydrogen) atoms. The van der Waals surface area contributed by atoms with Gasteiger partial charge in [0, 0.05) is 11.7 Å². The fourth-order valence-corrected chi connectivity index (χ4v) is 2.86. The van der Waals surface area contributed by atoms with E-state index in [0.717, 1.165) is 17.1 Å². The Kier molecular flexibility index (Phi) is 6.09. The van der Waals surface area contributed by atoms with Crippen molar-refractivity contribution in [3.05, 3.63) is 22.4 Å². The third kappa shape index (κ3) is 4.68. The quantitative estimate of drug-likeness (QED) is 0.603. The van der Waals surface area contributed by atoms with E-state index in [-0.39, 0.29) is 17.1 Å². The fraction of sp³-hybridized carbons (Fsp3) is 0.583. The van der Waals surface area contributed by atoms with Gasteiger partial charge in [-0.3, -0.25) is 4.79 Å². The molecular weight excluding hydrogens is 240 g/mol. The van der Waals surface area contributed by atoms with Crippen molar-refractivity contribution >= 4 is 28.9 Å². The molecule has 0 fully saturated rings. The second-order valence-electron chi connectivity index (χ2n) is 3.82. The van der Waals surface area contributed by atoms with Gasteiger partial charge in [-0.05, 0) is 30.5 Å². The van der Waals surface area contributed by atoms with Crippen molar-refractivity contribution in [3.63, 3.8) is 0 Å². The smallest absolute Gasteiger partial charge is 0.172 e. The molecular formula is C12H18O2S2. The van der Waals surface area contributed by atoms with Gasteiger partial charge in [-0.1, -0.05) is 13.0 Å². The number of hydrogen-bond acceptors (Lipinski definition) is 4. The number of hydrogen-bond donors (Lipinski definition) is 1. The van der Waals surface area contributed by atoms with Crippen LogP contribution in [0.2, 0.25) is 0 Å². The number of carbonyl (C=O) groups is 1. The van der Waals surface area contributed by atoms with Gasteiger partial charge in [0.15, 0.2) is 5.78 Å². The van der Waals surface area contributed by atoms with Gasteiger partial charge in [-0.25, -0.2) is 0 Å². The summed E-state index contributed by atoms with van der Waals surface area (Å²) >= 11 is 3.23. The standard InChI is InChI=1S/C12H18O2S2/c1-9(13)10(2)15-7-3-5-11(14)12-6-4-8-16-12/h4,6,8-10,13H,3,5,7H2,1-2H3. The van der Waals surface area contributed by atoms with Crippen LogP contribution in [-0.4, -0.2) is 28.0 Å². The van der Waals surface area contributed by atoms with Crippen LogP contribution in [0.25, 0.3) is 0 Å². The zero-order valence-corrected chi connectivity index (χ0v) is 11.3.